The predicted molar refractivity (Wildman–Crippen MR) is 140 cm³/mol. The SMILES string of the molecule is C=CCc1cc(/C=C2/SC(=Nc3ccc(F)cc3)NC2=O)cc(OC)c1OCc1ccc(C)cc1. The zero-order chi connectivity index (χ0) is 24.8. The fraction of sp³-hybridized carbons (Fsp3) is 0.143. The number of hydrogen-bond donors (Lipinski definition) is 1. The Hall–Kier alpha value is -3.84. The summed E-state index contributed by atoms with van der Waals surface area (Å²) in [6.45, 7) is 6.31. The van der Waals surface area contributed by atoms with Crippen LogP contribution in [0.5, 0.6) is 11.5 Å². The summed E-state index contributed by atoms with van der Waals surface area (Å²) in [4.78, 5) is 17.4. The highest BCUT2D eigenvalue weighted by Gasteiger charge is 2.24. The highest BCUT2D eigenvalue weighted by Crippen LogP contribution is 2.36. The van der Waals surface area contributed by atoms with Crippen LogP contribution in [-0.2, 0) is 17.8 Å². The van der Waals surface area contributed by atoms with Gasteiger partial charge in [-0.05, 0) is 78.7 Å². The minimum atomic E-state index is -0.340. The van der Waals surface area contributed by atoms with Crippen molar-refractivity contribution in [2.24, 2.45) is 4.99 Å². The van der Waals surface area contributed by atoms with Crippen LogP contribution < -0.4 is 14.8 Å². The minimum Gasteiger partial charge on any atom is -0.493 e. The van der Waals surface area contributed by atoms with Gasteiger partial charge in [0.25, 0.3) is 5.91 Å². The summed E-state index contributed by atoms with van der Waals surface area (Å²) in [5.74, 6) is 0.636. The Morgan fingerprint density at radius 2 is 1.86 bits per heavy atom. The Balaban J connectivity index is 1.58. The standard InChI is InChI=1S/C28H25FN2O3S/c1-4-5-21-14-20(15-24(33-3)26(21)34-17-19-8-6-18(2)7-9-19)16-25-27(32)31-28(35-25)30-23-12-10-22(29)11-13-23/h4,6-16H,1,5,17H2,2-3H3,(H,30,31,32)/b25-16+. The van der Waals surface area contributed by atoms with E-state index in [1.807, 2.05) is 43.3 Å². The topological polar surface area (TPSA) is 59.9 Å². The van der Waals surface area contributed by atoms with Crippen LogP contribution in [0.1, 0.15) is 22.3 Å². The van der Waals surface area contributed by atoms with Crippen molar-refractivity contribution >= 4 is 34.6 Å². The maximum absolute atomic E-state index is 13.1. The predicted octanol–water partition coefficient (Wildman–Crippen LogP) is 6.34. The van der Waals surface area contributed by atoms with Crippen LogP contribution >= 0.6 is 11.8 Å². The van der Waals surface area contributed by atoms with Crippen molar-refractivity contribution in [1.82, 2.24) is 5.32 Å². The highest BCUT2D eigenvalue weighted by molar-refractivity contribution is 8.18. The van der Waals surface area contributed by atoms with Crippen molar-refractivity contribution in [3.63, 3.8) is 0 Å². The first-order chi connectivity index (χ1) is 16.9. The van der Waals surface area contributed by atoms with Crippen molar-refractivity contribution in [3.05, 3.63) is 106 Å². The van der Waals surface area contributed by atoms with E-state index in [0.717, 1.165) is 16.7 Å². The molecular formula is C28H25FN2O3S. The van der Waals surface area contributed by atoms with E-state index >= 15 is 0 Å². The summed E-state index contributed by atoms with van der Waals surface area (Å²) in [7, 11) is 1.59. The number of amides is 1. The van der Waals surface area contributed by atoms with Crippen molar-refractivity contribution in [1.29, 1.82) is 0 Å². The summed E-state index contributed by atoms with van der Waals surface area (Å²) >= 11 is 1.22. The molecule has 0 saturated carbocycles. The number of nitrogens with zero attached hydrogens (tertiary/aromatic N) is 1. The highest BCUT2D eigenvalue weighted by atomic mass is 32.2. The second-order valence-corrected chi connectivity index (χ2v) is 8.97. The summed E-state index contributed by atoms with van der Waals surface area (Å²) in [6, 6.07) is 17.7. The van der Waals surface area contributed by atoms with Gasteiger partial charge in [-0.2, -0.15) is 0 Å². The molecule has 0 aliphatic carbocycles. The number of amidine groups is 1. The molecule has 5 nitrogen and oxygen atoms in total. The van der Waals surface area contributed by atoms with Gasteiger partial charge in [0, 0.05) is 5.56 Å². The van der Waals surface area contributed by atoms with Gasteiger partial charge in [0.15, 0.2) is 16.7 Å². The van der Waals surface area contributed by atoms with Crippen LogP contribution in [0.15, 0.2) is 83.2 Å². The molecule has 1 saturated heterocycles. The number of benzene rings is 3. The summed E-state index contributed by atoms with van der Waals surface area (Å²) in [6.07, 6.45) is 4.16. The second-order valence-electron chi connectivity index (χ2n) is 7.94. The van der Waals surface area contributed by atoms with Gasteiger partial charge in [-0.1, -0.05) is 35.9 Å². The molecular weight excluding hydrogens is 463 g/mol. The molecule has 1 aliphatic rings. The van der Waals surface area contributed by atoms with E-state index in [0.29, 0.717) is 40.3 Å². The third-order valence-electron chi connectivity index (χ3n) is 5.25. The number of nitrogens with one attached hydrogen (secondary N) is 1. The van der Waals surface area contributed by atoms with Gasteiger partial charge in [-0.15, -0.1) is 6.58 Å². The lowest BCUT2D eigenvalue weighted by Gasteiger charge is -2.16. The molecule has 1 fully saturated rings. The number of allylic oxidation sites excluding steroid dienone is 1. The third-order valence-corrected chi connectivity index (χ3v) is 6.16. The molecule has 1 aliphatic heterocycles. The maximum Gasteiger partial charge on any atom is 0.264 e. The van der Waals surface area contributed by atoms with E-state index < -0.39 is 0 Å². The molecule has 35 heavy (non-hydrogen) atoms. The lowest BCUT2D eigenvalue weighted by atomic mass is 10.0. The zero-order valence-corrected chi connectivity index (χ0v) is 20.3. The molecule has 178 valence electrons. The number of methoxy groups -OCH3 is 1. The lowest BCUT2D eigenvalue weighted by Crippen LogP contribution is -2.19. The number of carbonyl (C=O) groups excluding carboxylic acids is 1. The number of hydrogen-bond acceptors (Lipinski definition) is 5. The number of ether oxygens (including phenoxy) is 2. The van der Waals surface area contributed by atoms with E-state index in [-0.39, 0.29) is 11.7 Å². The Morgan fingerprint density at radius 3 is 2.54 bits per heavy atom. The van der Waals surface area contributed by atoms with Crippen LogP contribution in [0.2, 0.25) is 0 Å². The molecule has 3 aromatic rings. The van der Waals surface area contributed by atoms with E-state index in [1.165, 1.54) is 29.5 Å². The molecule has 4 rings (SSSR count). The average Bonchev–Trinajstić information content (AvgIpc) is 3.19. The molecule has 1 heterocycles. The van der Waals surface area contributed by atoms with Gasteiger partial charge >= 0.3 is 0 Å². The monoisotopic (exact) mass is 488 g/mol. The van der Waals surface area contributed by atoms with E-state index in [4.69, 9.17) is 9.47 Å². The van der Waals surface area contributed by atoms with Crippen molar-refractivity contribution < 1.29 is 18.7 Å². The van der Waals surface area contributed by atoms with Crippen LogP contribution in [0.25, 0.3) is 6.08 Å². The van der Waals surface area contributed by atoms with Gasteiger partial charge in [0.2, 0.25) is 0 Å². The van der Waals surface area contributed by atoms with E-state index in [2.05, 4.69) is 16.9 Å². The van der Waals surface area contributed by atoms with Crippen LogP contribution in [0.4, 0.5) is 10.1 Å². The molecule has 0 unspecified atom stereocenters. The zero-order valence-electron chi connectivity index (χ0n) is 19.5. The van der Waals surface area contributed by atoms with Crippen molar-refractivity contribution in [3.8, 4) is 11.5 Å². The quantitative estimate of drug-likeness (QED) is 0.297. The number of aliphatic imine (C=N–C) groups is 1. The number of rotatable bonds is 8. The van der Waals surface area contributed by atoms with Gasteiger partial charge < -0.3 is 14.8 Å². The van der Waals surface area contributed by atoms with Gasteiger partial charge in [-0.3, -0.25) is 4.79 Å². The number of aryl methyl sites for hydroxylation is 1. The molecule has 0 aromatic heterocycles. The summed E-state index contributed by atoms with van der Waals surface area (Å²) in [5, 5.41) is 3.18. The molecule has 7 heteroatoms. The molecule has 0 bridgehead atoms. The van der Waals surface area contributed by atoms with Gasteiger partial charge in [0.05, 0.1) is 17.7 Å². The molecule has 0 atom stereocenters. The summed E-state index contributed by atoms with van der Waals surface area (Å²) in [5.41, 5.74) is 4.50. The first-order valence-corrected chi connectivity index (χ1v) is 11.8. The summed E-state index contributed by atoms with van der Waals surface area (Å²) < 4.78 is 24.9. The number of thioether (sulfide) groups is 1. The molecule has 0 spiro atoms. The third kappa shape index (κ3) is 6.19. The normalized spacial score (nSPS) is 15.3. The van der Waals surface area contributed by atoms with E-state index in [9.17, 15) is 9.18 Å². The average molecular weight is 489 g/mol. The molecule has 1 N–H and O–H groups in total. The number of carbonyl (C=O) groups is 1. The Morgan fingerprint density at radius 1 is 1.11 bits per heavy atom. The van der Waals surface area contributed by atoms with E-state index in [1.54, 1.807) is 31.4 Å². The van der Waals surface area contributed by atoms with Crippen LogP contribution in [0.3, 0.4) is 0 Å². The first-order valence-electron chi connectivity index (χ1n) is 11.0. The Bertz CT molecular complexity index is 1300. The van der Waals surface area contributed by atoms with Gasteiger partial charge in [-0.25, -0.2) is 9.38 Å². The first kappa shape index (κ1) is 24.3. The fourth-order valence-corrected chi connectivity index (χ4v) is 4.34. The fourth-order valence-electron chi connectivity index (χ4n) is 3.49. The Kier molecular flexibility index (Phi) is 7.67. The van der Waals surface area contributed by atoms with Crippen LogP contribution in [0, 0.1) is 12.7 Å². The maximum atomic E-state index is 13.1. The molecule has 3 aromatic carbocycles. The molecule has 0 radical (unpaired) electrons. The van der Waals surface area contributed by atoms with Crippen molar-refractivity contribution in [2.45, 2.75) is 20.0 Å². The van der Waals surface area contributed by atoms with Gasteiger partial charge in [0.1, 0.15) is 12.4 Å². The largest absolute Gasteiger partial charge is 0.493 e. The minimum absolute atomic E-state index is 0.250. The lowest BCUT2D eigenvalue weighted by molar-refractivity contribution is -0.115. The molecule has 1 amide bonds. The Labute approximate surface area is 208 Å². The van der Waals surface area contributed by atoms with Crippen LogP contribution in [-0.4, -0.2) is 18.2 Å². The van der Waals surface area contributed by atoms with Crippen molar-refractivity contribution in [2.75, 3.05) is 7.11 Å². The smallest absolute Gasteiger partial charge is 0.264 e. The second kappa shape index (κ2) is 11.1. The number of halogens is 1.